The lowest BCUT2D eigenvalue weighted by Crippen LogP contribution is -2.44. The fraction of sp³-hybridized carbons (Fsp3) is 0.423. The summed E-state index contributed by atoms with van der Waals surface area (Å²) in [5.74, 6) is -0.683. The number of carbonyl (C=O) groups is 3. The zero-order valence-corrected chi connectivity index (χ0v) is 20.3. The van der Waals surface area contributed by atoms with Gasteiger partial charge in [0.25, 0.3) is 0 Å². The third kappa shape index (κ3) is 5.09. The van der Waals surface area contributed by atoms with Crippen molar-refractivity contribution in [1.29, 1.82) is 0 Å². The Hall–Kier alpha value is -3.59. The summed E-state index contributed by atoms with van der Waals surface area (Å²) < 4.78 is 15.7. The zero-order chi connectivity index (χ0) is 24.9. The molecule has 1 atom stereocenters. The van der Waals surface area contributed by atoms with Crippen molar-refractivity contribution in [3.8, 4) is 11.5 Å². The first-order valence-electron chi connectivity index (χ1n) is 11.8. The van der Waals surface area contributed by atoms with Crippen LogP contribution in [0.5, 0.6) is 11.5 Å². The highest BCUT2D eigenvalue weighted by atomic mass is 16.5. The molecule has 2 aliphatic rings. The predicted octanol–water partition coefficient (Wildman–Crippen LogP) is 2.38. The average Bonchev–Trinajstić information content (AvgIpc) is 2.89. The number of ketones is 1. The van der Waals surface area contributed by atoms with Crippen LogP contribution in [0.1, 0.15) is 35.2 Å². The van der Waals surface area contributed by atoms with E-state index >= 15 is 0 Å². The Morgan fingerprint density at radius 1 is 1.03 bits per heavy atom. The van der Waals surface area contributed by atoms with Crippen LogP contribution in [-0.4, -0.2) is 71.2 Å². The van der Waals surface area contributed by atoms with Gasteiger partial charge in [-0.1, -0.05) is 0 Å². The van der Waals surface area contributed by atoms with Crippen LogP contribution in [0, 0.1) is 0 Å². The minimum atomic E-state index is -0.683. The van der Waals surface area contributed by atoms with E-state index in [-0.39, 0.29) is 31.3 Å². The molecule has 1 N–H and O–H groups in total. The number of esters is 1. The number of hydrogen-bond acceptors (Lipinski definition) is 8. The lowest BCUT2D eigenvalue weighted by Gasteiger charge is -2.35. The van der Waals surface area contributed by atoms with Crippen LogP contribution in [0.4, 0.5) is 11.4 Å². The lowest BCUT2D eigenvalue weighted by atomic mass is 9.83. The van der Waals surface area contributed by atoms with E-state index < -0.39 is 11.9 Å². The van der Waals surface area contributed by atoms with Crippen molar-refractivity contribution < 1.29 is 28.6 Å². The molecule has 2 aromatic rings. The lowest BCUT2D eigenvalue weighted by molar-refractivity contribution is -0.142. The van der Waals surface area contributed by atoms with Crippen molar-refractivity contribution in [2.24, 2.45) is 0 Å². The Bertz CT molecular complexity index is 1110. The molecule has 0 aliphatic carbocycles. The summed E-state index contributed by atoms with van der Waals surface area (Å²) in [6.07, 6.45) is -0.0371. The third-order valence-electron chi connectivity index (χ3n) is 6.42. The van der Waals surface area contributed by atoms with Crippen molar-refractivity contribution in [1.82, 2.24) is 5.32 Å². The van der Waals surface area contributed by atoms with Crippen molar-refractivity contribution in [3.05, 3.63) is 47.5 Å². The third-order valence-corrected chi connectivity index (χ3v) is 6.42. The second-order valence-electron chi connectivity index (χ2n) is 8.46. The maximum atomic E-state index is 13.7. The number of nitrogens with one attached hydrogen (secondary N) is 1. The number of rotatable bonds is 8. The van der Waals surface area contributed by atoms with E-state index in [2.05, 4.69) is 10.2 Å². The molecule has 1 unspecified atom stereocenters. The molecule has 1 amide bonds. The van der Waals surface area contributed by atoms with Gasteiger partial charge in [-0.15, -0.1) is 0 Å². The van der Waals surface area contributed by atoms with Gasteiger partial charge in [-0.2, -0.15) is 0 Å². The number of carbonyl (C=O) groups excluding carboxylic acids is 3. The van der Waals surface area contributed by atoms with Gasteiger partial charge < -0.3 is 29.3 Å². The number of amides is 1. The van der Waals surface area contributed by atoms with Crippen LogP contribution in [0.3, 0.4) is 0 Å². The van der Waals surface area contributed by atoms with Crippen LogP contribution in [0.25, 0.3) is 0 Å². The first-order chi connectivity index (χ1) is 17.0. The highest BCUT2D eigenvalue weighted by Gasteiger charge is 2.37. The molecule has 1 saturated heterocycles. The molecule has 0 bridgehead atoms. The summed E-state index contributed by atoms with van der Waals surface area (Å²) in [7, 11) is 3.05. The van der Waals surface area contributed by atoms with Crippen molar-refractivity contribution in [2.45, 2.75) is 19.3 Å². The van der Waals surface area contributed by atoms with E-state index in [4.69, 9.17) is 14.2 Å². The van der Waals surface area contributed by atoms with Crippen LogP contribution in [0.2, 0.25) is 0 Å². The van der Waals surface area contributed by atoms with Gasteiger partial charge in [0.1, 0.15) is 6.54 Å². The van der Waals surface area contributed by atoms with Crippen LogP contribution < -0.4 is 24.6 Å². The molecule has 2 aliphatic heterocycles. The molecule has 1 fully saturated rings. The Balaban J connectivity index is 1.74. The number of Topliss-reactive ketones (excluding diaryl/α,β-unsaturated/α-hetero) is 1. The van der Waals surface area contributed by atoms with Crippen LogP contribution in [0.15, 0.2) is 36.4 Å². The molecular weight excluding hydrogens is 450 g/mol. The molecule has 186 valence electrons. The van der Waals surface area contributed by atoms with Gasteiger partial charge in [0.2, 0.25) is 5.91 Å². The molecule has 0 saturated carbocycles. The normalized spacial score (nSPS) is 17.6. The number of ether oxygens (including phenoxy) is 3. The van der Waals surface area contributed by atoms with Gasteiger partial charge in [0.05, 0.1) is 26.7 Å². The molecule has 2 heterocycles. The Kier molecular flexibility index (Phi) is 7.55. The Morgan fingerprint density at radius 2 is 1.77 bits per heavy atom. The van der Waals surface area contributed by atoms with Crippen molar-refractivity contribution in [2.75, 3.05) is 63.4 Å². The number of benzene rings is 2. The number of nitrogens with zero attached hydrogens (tertiary/aromatic N) is 2. The molecule has 9 heteroatoms. The number of fused-ring (bicyclic) bond motifs is 1. The molecule has 0 radical (unpaired) electrons. The summed E-state index contributed by atoms with van der Waals surface area (Å²) in [5, 5.41) is 3.34. The molecular formula is C26H31N3O6. The largest absolute Gasteiger partial charge is 0.493 e. The molecule has 35 heavy (non-hydrogen) atoms. The van der Waals surface area contributed by atoms with Crippen LogP contribution >= 0.6 is 0 Å². The monoisotopic (exact) mass is 481 g/mol. The van der Waals surface area contributed by atoms with E-state index in [1.54, 1.807) is 25.1 Å². The summed E-state index contributed by atoms with van der Waals surface area (Å²) >= 11 is 0. The number of methoxy groups -OCH3 is 2. The van der Waals surface area contributed by atoms with Crippen molar-refractivity contribution >= 4 is 29.0 Å². The zero-order valence-electron chi connectivity index (χ0n) is 20.3. The molecule has 0 spiro atoms. The van der Waals surface area contributed by atoms with Crippen LogP contribution in [-0.2, 0) is 14.3 Å². The fourth-order valence-electron chi connectivity index (χ4n) is 4.65. The van der Waals surface area contributed by atoms with E-state index in [1.807, 2.05) is 18.2 Å². The molecule has 0 aromatic heterocycles. The summed E-state index contributed by atoms with van der Waals surface area (Å²) in [4.78, 5) is 42.8. The Labute approximate surface area is 204 Å². The first kappa shape index (κ1) is 24.5. The van der Waals surface area contributed by atoms with E-state index in [9.17, 15) is 14.4 Å². The molecule has 2 aromatic carbocycles. The molecule has 9 nitrogen and oxygen atoms in total. The summed E-state index contributed by atoms with van der Waals surface area (Å²) in [5.41, 5.74) is 2.70. The predicted molar refractivity (Wildman–Crippen MR) is 132 cm³/mol. The highest BCUT2D eigenvalue weighted by molar-refractivity contribution is 6.10. The summed E-state index contributed by atoms with van der Waals surface area (Å²) in [6.45, 7) is 5.20. The van der Waals surface area contributed by atoms with Crippen molar-refractivity contribution in [3.63, 3.8) is 0 Å². The first-order valence-corrected chi connectivity index (χ1v) is 11.8. The smallest absolute Gasteiger partial charge is 0.326 e. The highest BCUT2D eigenvalue weighted by Crippen LogP contribution is 2.41. The fourth-order valence-corrected chi connectivity index (χ4v) is 4.65. The minimum absolute atomic E-state index is 0.0371. The number of anilines is 2. The second-order valence-corrected chi connectivity index (χ2v) is 8.46. The summed E-state index contributed by atoms with van der Waals surface area (Å²) in [6, 6.07) is 10.8. The second kappa shape index (κ2) is 10.8. The topological polar surface area (TPSA) is 97.4 Å². The van der Waals surface area contributed by atoms with Gasteiger partial charge in [0.15, 0.2) is 17.3 Å². The van der Waals surface area contributed by atoms with Gasteiger partial charge >= 0.3 is 5.97 Å². The average molecular weight is 482 g/mol. The maximum Gasteiger partial charge on any atom is 0.326 e. The quantitative estimate of drug-likeness (QED) is 0.454. The minimum Gasteiger partial charge on any atom is -0.493 e. The number of piperazine rings is 1. The Morgan fingerprint density at radius 3 is 2.46 bits per heavy atom. The van der Waals surface area contributed by atoms with Gasteiger partial charge in [-0.25, -0.2) is 0 Å². The maximum absolute atomic E-state index is 13.7. The van der Waals surface area contributed by atoms with Gasteiger partial charge in [0, 0.05) is 49.5 Å². The molecule has 4 rings (SSSR count). The van der Waals surface area contributed by atoms with Gasteiger partial charge in [-0.05, 0) is 48.9 Å². The van der Waals surface area contributed by atoms with E-state index in [0.717, 1.165) is 37.4 Å². The standard InChI is InChI=1S/C26H31N3O6/c1-4-35-25(31)16-29-21-7-6-18(28-11-9-27-10-12-28)14-19(21)20(15-24(29)30)26(32)17-5-8-22(33-2)23(13-17)34-3/h5-8,13-14,20,27H,4,9-12,15-16H2,1-3H3. The van der Waals surface area contributed by atoms with E-state index in [1.165, 1.54) is 19.1 Å². The van der Waals surface area contributed by atoms with E-state index in [0.29, 0.717) is 22.7 Å². The SMILES string of the molecule is CCOC(=O)CN1C(=O)CC(C(=O)c2ccc(OC)c(OC)c2)c2cc(N3CCNCC3)ccc21. The van der Waals surface area contributed by atoms with Gasteiger partial charge in [-0.3, -0.25) is 14.4 Å². The number of hydrogen-bond donors (Lipinski definition) is 1.